The van der Waals surface area contributed by atoms with Gasteiger partial charge in [0.2, 0.25) is 0 Å². The van der Waals surface area contributed by atoms with Crippen LogP contribution in [-0.2, 0) is 5.41 Å². The van der Waals surface area contributed by atoms with E-state index >= 15 is 0 Å². The summed E-state index contributed by atoms with van der Waals surface area (Å²) in [6.45, 7) is 0. The van der Waals surface area contributed by atoms with Crippen molar-refractivity contribution >= 4 is 56.1 Å². The van der Waals surface area contributed by atoms with Crippen molar-refractivity contribution in [3.63, 3.8) is 0 Å². The molecule has 1 spiro atoms. The third kappa shape index (κ3) is 5.34. The molecule has 1 aromatic heterocycles. The van der Waals surface area contributed by atoms with Gasteiger partial charge in [0, 0.05) is 50.8 Å². The molecule has 0 fully saturated rings. The van der Waals surface area contributed by atoms with Crippen molar-refractivity contribution in [2.75, 3.05) is 9.80 Å². The van der Waals surface area contributed by atoms with E-state index in [4.69, 9.17) is 4.42 Å². The van der Waals surface area contributed by atoms with Crippen LogP contribution >= 0.6 is 0 Å². The second-order valence-corrected chi connectivity index (χ2v) is 16.8. The number of hydrogen-bond acceptors (Lipinski definition) is 3. The molecule has 0 radical (unpaired) electrons. The number of fused-ring (bicyclic) bond motifs is 13. The van der Waals surface area contributed by atoms with Crippen LogP contribution in [0.15, 0.2) is 247 Å². The first-order valence-electron chi connectivity index (χ1n) is 22.0. The van der Waals surface area contributed by atoms with Crippen LogP contribution in [0.25, 0.3) is 55.3 Å². The summed E-state index contributed by atoms with van der Waals surface area (Å²) in [5.74, 6) is 0. The van der Waals surface area contributed by atoms with Crippen LogP contribution in [0.4, 0.5) is 34.1 Å². The van der Waals surface area contributed by atoms with Crippen molar-refractivity contribution in [2.45, 2.75) is 5.41 Å². The number of benzene rings is 10. The Morgan fingerprint density at radius 2 is 0.734 bits per heavy atom. The maximum atomic E-state index is 6.56. The van der Waals surface area contributed by atoms with Gasteiger partial charge in [-0.1, -0.05) is 164 Å². The Morgan fingerprint density at radius 1 is 0.281 bits per heavy atom. The molecule has 1 atom stereocenters. The molecule has 0 amide bonds. The van der Waals surface area contributed by atoms with Crippen LogP contribution in [-0.4, -0.2) is 0 Å². The van der Waals surface area contributed by atoms with Gasteiger partial charge in [-0.05, 0) is 123 Å². The largest absolute Gasteiger partial charge is 0.456 e. The minimum absolute atomic E-state index is 0.587. The zero-order chi connectivity index (χ0) is 42.2. The second kappa shape index (κ2) is 14.3. The molecular formula is C61H40N2O. The Morgan fingerprint density at radius 3 is 1.38 bits per heavy atom. The van der Waals surface area contributed by atoms with Crippen molar-refractivity contribution in [1.82, 2.24) is 0 Å². The zero-order valence-electron chi connectivity index (χ0n) is 34.9. The maximum Gasteiger partial charge on any atom is 0.137 e. The summed E-state index contributed by atoms with van der Waals surface area (Å²) in [6, 6.07) is 88.3. The normalized spacial score (nSPS) is 14.3. The summed E-state index contributed by atoms with van der Waals surface area (Å²) >= 11 is 0. The lowest BCUT2D eigenvalue weighted by Crippen LogP contribution is -2.26. The summed E-state index contributed by atoms with van der Waals surface area (Å²) in [5, 5.41) is 2.22. The van der Waals surface area contributed by atoms with Gasteiger partial charge in [-0.2, -0.15) is 0 Å². The quantitative estimate of drug-likeness (QED) is 0.160. The molecule has 64 heavy (non-hydrogen) atoms. The molecule has 3 nitrogen and oxygen atoms in total. The van der Waals surface area contributed by atoms with Gasteiger partial charge in [0.15, 0.2) is 0 Å². The number of hydrogen-bond donors (Lipinski definition) is 0. The molecule has 13 rings (SSSR count). The van der Waals surface area contributed by atoms with Crippen LogP contribution in [0.2, 0.25) is 0 Å². The van der Waals surface area contributed by atoms with E-state index in [9.17, 15) is 0 Å². The standard InChI is InChI=1S/C61H40N2O/c1-4-18-41(19-5-1)47-24-12-16-30-58(47)63(46-34-37-53-52-27-13-17-31-59(52)64-60(53)40-46)45-33-36-51-49-26-11-15-29-55(49)61(57(51)39-45)54-28-14-10-25-48(54)50-35-32-44(38-56(50)61)62(42-20-6-2-7-21-42)43-22-8-3-9-23-43/h1-40H. The molecule has 0 bridgehead atoms. The van der Waals surface area contributed by atoms with E-state index in [2.05, 4.69) is 246 Å². The Bertz CT molecular complexity index is 3520. The van der Waals surface area contributed by atoms with Crippen molar-refractivity contribution < 1.29 is 4.42 Å². The summed E-state index contributed by atoms with van der Waals surface area (Å²) in [5.41, 5.74) is 20.2. The lowest BCUT2D eigenvalue weighted by Gasteiger charge is -2.33. The molecule has 10 aromatic carbocycles. The van der Waals surface area contributed by atoms with Crippen LogP contribution in [0.3, 0.4) is 0 Å². The molecule has 0 saturated heterocycles. The van der Waals surface area contributed by atoms with E-state index in [1.165, 1.54) is 44.5 Å². The third-order valence-corrected chi connectivity index (χ3v) is 13.5. The van der Waals surface area contributed by atoms with E-state index in [1.807, 2.05) is 6.07 Å². The topological polar surface area (TPSA) is 19.6 Å². The van der Waals surface area contributed by atoms with Crippen LogP contribution in [0.5, 0.6) is 0 Å². The SMILES string of the molecule is c1ccc(-c2ccccc2N(c2ccc3c(c2)C2(c4ccccc4-c4ccc(N(c5ccccc5)c5ccccc5)cc42)c2ccccc2-3)c2ccc3c(c2)oc2ccccc23)cc1. The van der Waals surface area contributed by atoms with Gasteiger partial charge in [-0.15, -0.1) is 0 Å². The van der Waals surface area contributed by atoms with Gasteiger partial charge in [-0.3, -0.25) is 0 Å². The third-order valence-electron chi connectivity index (χ3n) is 13.5. The van der Waals surface area contributed by atoms with E-state index in [0.717, 1.165) is 67.2 Å². The molecule has 300 valence electrons. The van der Waals surface area contributed by atoms with Gasteiger partial charge in [0.25, 0.3) is 0 Å². The lowest BCUT2D eigenvalue weighted by atomic mass is 9.70. The highest BCUT2D eigenvalue weighted by Crippen LogP contribution is 2.64. The summed E-state index contributed by atoms with van der Waals surface area (Å²) in [7, 11) is 0. The molecule has 2 aliphatic carbocycles. The van der Waals surface area contributed by atoms with E-state index < -0.39 is 5.41 Å². The Labute approximate surface area is 372 Å². The average Bonchev–Trinajstić information content (AvgIpc) is 3.99. The highest BCUT2D eigenvalue weighted by Gasteiger charge is 2.52. The minimum atomic E-state index is -0.587. The minimum Gasteiger partial charge on any atom is -0.456 e. The van der Waals surface area contributed by atoms with Crippen molar-refractivity contribution in [3.8, 4) is 33.4 Å². The molecule has 3 heteroatoms. The van der Waals surface area contributed by atoms with Crippen LogP contribution in [0, 0.1) is 0 Å². The van der Waals surface area contributed by atoms with Gasteiger partial charge < -0.3 is 14.2 Å². The lowest BCUT2D eigenvalue weighted by molar-refractivity contribution is 0.669. The number of anilines is 6. The van der Waals surface area contributed by atoms with Gasteiger partial charge >= 0.3 is 0 Å². The first-order valence-corrected chi connectivity index (χ1v) is 22.0. The van der Waals surface area contributed by atoms with Gasteiger partial charge in [-0.25, -0.2) is 0 Å². The number of furan rings is 1. The Kier molecular flexibility index (Phi) is 8.13. The smallest absolute Gasteiger partial charge is 0.137 e. The molecule has 0 aliphatic heterocycles. The number of nitrogens with zero attached hydrogens (tertiary/aromatic N) is 2. The molecule has 0 N–H and O–H groups in total. The second-order valence-electron chi connectivity index (χ2n) is 16.8. The molecule has 11 aromatic rings. The first kappa shape index (κ1) is 36.3. The molecule has 1 unspecified atom stereocenters. The van der Waals surface area contributed by atoms with Gasteiger partial charge in [0.1, 0.15) is 11.2 Å². The average molecular weight is 817 g/mol. The number of para-hydroxylation sites is 4. The predicted octanol–water partition coefficient (Wildman–Crippen LogP) is 16.5. The predicted molar refractivity (Wildman–Crippen MR) is 265 cm³/mol. The Hall–Kier alpha value is -8.40. The highest BCUT2D eigenvalue weighted by atomic mass is 16.3. The van der Waals surface area contributed by atoms with E-state index in [1.54, 1.807) is 0 Å². The van der Waals surface area contributed by atoms with Crippen molar-refractivity contribution in [1.29, 1.82) is 0 Å². The first-order chi connectivity index (χ1) is 31.8. The monoisotopic (exact) mass is 816 g/mol. The summed E-state index contributed by atoms with van der Waals surface area (Å²) in [6.07, 6.45) is 0. The Balaban J connectivity index is 1.08. The maximum absolute atomic E-state index is 6.56. The van der Waals surface area contributed by atoms with E-state index in [-0.39, 0.29) is 0 Å². The number of rotatable bonds is 7. The molecule has 2 aliphatic rings. The summed E-state index contributed by atoms with van der Waals surface area (Å²) < 4.78 is 6.56. The van der Waals surface area contributed by atoms with Crippen LogP contribution < -0.4 is 9.80 Å². The van der Waals surface area contributed by atoms with Crippen molar-refractivity contribution in [2.24, 2.45) is 0 Å². The molecule has 0 saturated carbocycles. The highest BCUT2D eigenvalue weighted by molar-refractivity contribution is 6.06. The van der Waals surface area contributed by atoms with Crippen molar-refractivity contribution in [3.05, 3.63) is 265 Å². The van der Waals surface area contributed by atoms with Gasteiger partial charge in [0.05, 0.1) is 11.1 Å². The summed E-state index contributed by atoms with van der Waals surface area (Å²) in [4.78, 5) is 4.81. The molecule has 1 heterocycles. The zero-order valence-corrected chi connectivity index (χ0v) is 34.9. The molecular weight excluding hydrogens is 777 g/mol. The fourth-order valence-electron chi connectivity index (χ4n) is 10.8. The fourth-order valence-corrected chi connectivity index (χ4v) is 10.8. The fraction of sp³-hybridized carbons (Fsp3) is 0.0164. The van der Waals surface area contributed by atoms with E-state index in [0.29, 0.717) is 0 Å². The van der Waals surface area contributed by atoms with Crippen LogP contribution in [0.1, 0.15) is 22.3 Å².